The zero-order chi connectivity index (χ0) is 16.7. The van der Waals surface area contributed by atoms with Crippen LogP contribution in [0.3, 0.4) is 0 Å². The molecule has 0 saturated carbocycles. The van der Waals surface area contributed by atoms with Gasteiger partial charge in [-0.25, -0.2) is 0 Å². The van der Waals surface area contributed by atoms with Crippen LogP contribution in [0.4, 0.5) is 5.69 Å². The van der Waals surface area contributed by atoms with E-state index in [1.165, 1.54) is 0 Å². The highest BCUT2D eigenvalue weighted by atomic mass is 16.2. The molecule has 2 rings (SSSR count). The van der Waals surface area contributed by atoms with E-state index in [1.54, 1.807) is 0 Å². The monoisotopic (exact) mass is 310 g/mol. The van der Waals surface area contributed by atoms with Gasteiger partial charge in [0.2, 0.25) is 5.91 Å². The van der Waals surface area contributed by atoms with Crippen LogP contribution in [0.5, 0.6) is 0 Å². The van der Waals surface area contributed by atoms with Crippen molar-refractivity contribution in [1.82, 2.24) is 5.32 Å². The summed E-state index contributed by atoms with van der Waals surface area (Å²) in [5.41, 5.74) is 2.21. The van der Waals surface area contributed by atoms with E-state index in [9.17, 15) is 4.79 Å². The Labute approximate surface area is 139 Å². The number of likely N-dealkylation sites (N-methyl/N-ethyl adjacent to an activating group) is 1. The molecule has 1 amide bonds. The van der Waals surface area contributed by atoms with Crippen molar-refractivity contribution in [2.45, 2.75) is 26.3 Å². The van der Waals surface area contributed by atoms with E-state index in [0.717, 1.165) is 17.7 Å². The van der Waals surface area contributed by atoms with Gasteiger partial charge in [-0.15, -0.1) is 0 Å². The highest BCUT2D eigenvalue weighted by Gasteiger charge is 2.17. The van der Waals surface area contributed by atoms with Crippen molar-refractivity contribution >= 4 is 11.6 Å². The maximum absolute atomic E-state index is 12.4. The second kappa shape index (κ2) is 8.37. The van der Waals surface area contributed by atoms with E-state index in [4.69, 9.17) is 0 Å². The molecule has 0 fully saturated rings. The molecule has 122 valence electrons. The molecule has 1 atom stereocenters. The number of nitrogens with zero attached hydrogens (tertiary/aromatic N) is 1. The molecule has 0 aliphatic rings. The number of para-hydroxylation sites is 1. The molecular weight excluding hydrogens is 284 g/mol. The Morgan fingerprint density at radius 2 is 1.57 bits per heavy atom. The molecule has 3 heteroatoms. The summed E-state index contributed by atoms with van der Waals surface area (Å²) < 4.78 is 0. The molecule has 0 bridgehead atoms. The lowest BCUT2D eigenvalue weighted by molar-refractivity contribution is -0.120. The van der Waals surface area contributed by atoms with Gasteiger partial charge < -0.3 is 10.2 Å². The number of carbonyl (C=O) groups is 1. The van der Waals surface area contributed by atoms with Crippen molar-refractivity contribution < 1.29 is 4.79 Å². The Bertz CT molecular complexity index is 596. The summed E-state index contributed by atoms with van der Waals surface area (Å²) >= 11 is 0. The number of amides is 1. The minimum Gasteiger partial charge on any atom is -0.365 e. The van der Waals surface area contributed by atoms with Gasteiger partial charge in [0.1, 0.15) is 0 Å². The quantitative estimate of drug-likeness (QED) is 0.837. The maximum atomic E-state index is 12.4. The van der Waals surface area contributed by atoms with Crippen LogP contribution in [0.2, 0.25) is 0 Å². The predicted octanol–water partition coefficient (Wildman–Crippen LogP) is 4.03. The molecule has 0 spiro atoms. The fraction of sp³-hybridized carbons (Fsp3) is 0.350. The van der Waals surface area contributed by atoms with Crippen molar-refractivity contribution in [2.75, 3.05) is 18.5 Å². The average Bonchev–Trinajstić information content (AvgIpc) is 2.55. The summed E-state index contributed by atoms with van der Waals surface area (Å²) in [5, 5.41) is 3.18. The highest BCUT2D eigenvalue weighted by molar-refractivity contribution is 5.81. The standard InChI is InChI=1S/C20H26N2O/c1-16(2)14-19(17-10-6-4-7-11-17)21-20(23)15-22(3)18-12-8-5-9-13-18/h4-13,16,19H,14-15H2,1-3H3,(H,21,23). The molecule has 0 radical (unpaired) electrons. The van der Waals surface area contributed by atoms with E-state index < -0.39 is 0 Å². The van der Waals surface area contributed by atoms with Crippen LogP contribution in [0.25, 0.3) is 0 Å². The van der Waals surface area contributed by atoms with Gasteiger partial charge in [-0.2, -0.15) is 0 Å². The molecule has 0 aliphatic heterocycles. The Balaban J connectivity index is 2.00. The van der Waals surface area contributed by atoms with Gasteiger partial charge >= 0.3 is 0 Å². The third kappa shape index (κ3) is 5.44. The van der Waals surface area contributed by atoms with Crippen LogP contribution in [0.15, 0.2) is 60.7 Å². The first kappa shape index (κ1) is 17.1. The predicted molar refractivity (Wildman–Crippen MR) is 96.5 cm³/mol. The summed E-state index contributed by atoms with van der Waals surface area (Å²) in [6.45, 7) is 4.71. The highest BCUT2D eigenvalue weighted by Crippen LogP contribution is 2.21. The lowest BCUT2D eigenvalue weighted by Crippen LogP contribution is -2.37. The van der Waals surface area contributed by atoms with E-state index in [2.05, 4.69) is 31.3 Å². The normalized spacial score (nSPS) is 12.0. The van der Waals surface area contributed by atoms with Crippen molar-refractivity contribution in [3.05, 3.63) is 66.2 Å². The molecule has 0 saturated heterocycles. The van der Waals surface area contributed by atoms with Crippen LogP contribution < -0.4 is 10.2 Å². The maximum Gasteiger partial charge on any atom is 0.239 e. The number of anilines is 1. The van der Waals surface area contributed by atoms with E-state index in [-0.39, 0.29) is 11.9 Å². The molecule has 3 nitrogen and oxygen atoms in total. The Morgan fingerprint density at radius 3 is 2.13 bits per heavy atom. The van der Waals surface area contributed by atoms with Crippen LogP contribution >= 0.6 is 0 Å². The molecule has 2 aromatic carbocycles. The molecule has 2 aromatic rings. The summed E-state index contributed by atoms with van der Waals surface area (Å²) in [5.74, 6) is 0.568. The van der Waals surface area contributed by atoms with Crippen molar-refractivity contribution in [2.24, 2.45) is 5.92 Å². The molecule has 1 unspecified atom stereocenters. The fourth-order valence-electron chi connectivity index (χ4n) is 2.66. The lowest BCUT2D eigenvalue weighted by Gasteiger charge is -2.24. The number of benzene rings is 2. The largest absolute Gasteiger partial charge is 0.365 e. The second-order valence-electron chi connectivity index (χ2n) is 6.35. The van der Waals surface area contributed by atoms with E-state index in [0.29, 0.717) is 12.5 Å². The zero-order valence-electron chi connectivity index (χ0n) is 14.2. The second-order valence-corrected chi connectivity index (χ2v) is 6.35. The Kier molecular flexibility index (Phi) is 6.21. The molecular formula is C20H26N2O. The number of rotatable bonds is 7. The van der Waals surface area contributed by atoms with Crippen LogP contribution in [-0.4, -0.2) is 19.5 Å². The third-order valence-corrected chi connectivity index (χ3v) is 3.82. The van der Waals surface area contributed by atoms with Crippen molar-refractivity contribution in [1.29, 1.82) is 0 Å². The number of hydrogen-bond acceptors (Lipinski definition) is 2. The van der Waals surface area contributed by atoms with Gasteiger partial charge in [0, 0.05) is 12.7 Å². The van der Waals surface area contributed by atoms with Gasteiger partial charge in [-0.05, 0) is 30.0 Å². The van der Waals surface area contributed by atoms with Crippen LogP contribution in [0, 0.1) is 5.92 Å². The third-order valence-electron chi connectivity index (χ3n) is 3.82. The van der Waals surface area contributed by atoms with Crippen molar-refractivity contribution in [3.63, 3.8) is 0 Å². The van der Waals surface area contributed by atoms with Crippen molar-refractivity contribution in [3.8, 4) is 0 Å². The molecule has 23 heavy (non-hydrogen) atoms. The minimum atomic E-state index is 0.0471. The zero-order valence-corrected chi connectivity index (χ0v) is 14.2. The fourth-order valence-corrected chi connectivity index (χ4v) is 2.66. The molecule has 0 aliphatic carbocycles. The van der Waals surface area contributed by atoms with Crippen LogP contribution in [-0.2, 0) is 4.79 Å². The number of hydrogen-bond donors (Lipinski definition) is 1. The van der Waals surface area contributed by atoms with Gasteiger partial charge in [0.15, 0.2) is 0 Å². The SMILES string of the molecule is CC(C)CC(NC(=O)CN(C)c1ccccc1)c1ccccc1. The lowest BCUT2D eigenvalue weighted by atomic mass is 9.97. The minimum absolute atomic E-state index is 0.0471. The molecule has 1 N–H and O–H groups in total. The number of carbonyl (C=O) groups excluding carboxylic acids is 1. The van der Waals surface area contributed by atoms with Gasteiger partial charge in [-0.3, -0.25) is 4.79 Å². The summed E-state index contributed by atoms with van der Waals surface area (Å²) in [6.07, 6.45) is 0.935. The summed E-state index contributed by atoms with van der Waals surface area (Å²) in [7, 11) is 1.94. The Hall–Kier alpha value is -2.29. The van der Waals surface area contributed by atoms with Gasteiger partial charge in [0.25, 0.3) is 0 Å². The summed E-state index contributed by atoms with van der Waals surface area (Å²) in [6, 6.07) is 20.2. The first-order valence-corrected chi connectivity index (χ1v) is 8.16. The van der Waals surface area contributed by atoms with Gasteiger partial charge in [0.05, 0.1) is 12.6 Å². The first-order chi connectivity index (χ1) is 11.1. The van der Waals surface area contributed by atoms with E-state index in [1.807, 2.05) is 60.5 Å². The number of nitrogens with one attached hydrogen (secondary N) is 1. The Morgan fingerprint density at radius 1 is 1.00 bits per heavy atom. The average molecular weight is 310 g/mol. The molecule has 0 aromatic heterocycles. The van der Waals surface area contributed by atoms with Crippen LogP contribution in [0.1, 0.15) is 31.9 Å². The molecule has 0 heterocycles. The van der Waals surface area contributed by atoms with E-state index >= 15 is 0 Å². The van der Waals surface area contributed by atoms with Gasteiger partial charge in [-0.1, -0.05) is 62.4 Å². The smallest absolute Gasteiger partial charge is 0.239 e. The topological polar surface area (TPSA) is 32.3 Å². The summed E-state index contributed by atoms with van der Waals surface area (Å²) in [4.78, 5) is 14.4. The first-order valence-electron chi connectivity index (χ1n) is 8.16.